The minimum absolute atomic E-state index is 0.217. The van der Waals surface area contributed by atoms with Gasteiger partial charge in [0.05, 0.1) is 0 Å². The number of benzene rings is 1. The van der Waals surface area contributed by atoms with Gasteiger partial charge in [0.1, 0.15) is 17.3 Å². The van der Waals surface area contributed by atoms with Gasteiger partial charge in [-0.2, -0.15) is 0 Å². The second-order valence-corrected chi connectivity index (χ2v) is 7.21. The van der Waals surface area contributed by atoms with Crippen LogP contribution in [0.15, 0.2) is 34.8 Å². The number of carbonyl (C=O) groups is 1. The fourth-order valence-electron chi connectivity index (χ4n) is 2.83. The lowest BCUT2D eigenvalue weighted by Crippen LogP contribution is -2.34. The Bertz CT molecular complexity index is 742. The normalized spacial score (nSPS) is 15.4. The molecule has 1 fully saturated rings. The Morgan fingerprint density at radius 3 is 2.71 bits per heavy atom. The summed E-state index contributed by atoms with van der Waals surface area (Å²) in [6.07, 6.45) is 2.31. The molecule has 6 heteroatoms. The standard InChI is InChI=1S/C18H21BrN4O/c1-12-6-8-23(9-7-12)17-11-16(20-13(2)21-17)18(24)22-15-5-3-4-14(19)10-15/h3-5,10-12H,6-9H2,1-2H3,(H,22,24). The summed E-state index contributed by atoms with van der Waals surface area (Å²) in [5.74, 6) is 1.99. The van der Waals surface area contributed by atoms with E-state index in [1.54, 1.807) is 6.07 Å². The molecular weight excluding hydrogens is 368 g/mol. The highest BCUT2D eigenvalue weighted by Crippen LogP contribution is 2.22. The molecule has 1 saturated heterocycles. The molecule has 0 atom stereocenters. The van der Waals surface area contributed by atoms with E-state index in [-0.39, 0.29) is 5.91 Å². The first-order chi connectivity index (χ1) is 11.5. The number of aryl methyl sites for hydroxylation is 1. The van der Waals surface area contributed by atoms with Crippen molar-refractivity contribution in [3.05, 3.63) is 46.3 Å². The number of hydrogen-bond acceptors (Lipinski definition) is 4. The number of aromatic nitrogens is 2. The van der Waals surface area contributed by atoms with Gasteiger partial charge in [-0.15, -0.1) is 0 Å². The summed E-state index contributed by atoms with van der Waals surface area (Å²) in [5, 5.41) is 2.89. The van der Waals surface area contributed by atoms with Crippen LogP contribution >= 0.6 is 15.9 Å². The van der Waals surface area contributed by atoms with E-state index in [2.05, 4.69) is 43.0 Å². The number of hydrogen-bond donors (Lipinski definition) is 1. The van der Waals surface area contributed by atoms with Crippen molar-refractivity contribution in [3.8, 4) is 0 Å². The fraction of sp³-hybridized carbons (Fsp3) is 0.389. The second-order valence-electron chi connectivity index (χ2n) is 6.29. The average molecular weight is 389 g/mol. The summed E-state index contributed by atoms with van der Waals surface area (Å²) in [4.78, 5) is 23.6. The zero-order chi connectivity index (χ0) is 17.1. The smallest absolute Gasteiger partial charge is 0.274 e. The van der Waals surface area contributed by atoms with Gasteiger partial charge in [-0.1, -0.05) is 28.9 Å². The van der Waals surface area contributed by atoms with Crippen LogP contribution in [-0.2, 0) is 0 Å². The third kappa shape index (κ3) is 4.12. The van der Waals surface area contributed by atoms with Gasteiger partial charge >= 0.3 is 0 Å². The van der Waals surface area contributed by atoms with Gasteiger partial charge in [0.25, 0.3) is 5.91 Å². The number of halogens is 1. The average Bonchev–Trinajstić information content (AvgIpc) is 2.55. The van der Waals surface area contributed by atoms with Crippen LogP contribution in [-0.4, -0.2) is 29.0 Å². The SMILES string of the molecule is Cc1nc(C(=O)Nc2cccc(Br)c2)cc(N2CCC(C)CC2)n1. The predicted octanol–water partition coefficient (Wildman–Crippen LogP) is 4.04. The van der Waals surface area contributed by atoms with Gasteiger partial charge in [0, 0.05) is 29.3 Å². The van der Waals surface area contributed by atoms with E-state index in [4.69, 9.17) is 0 Å². The van der Waals surface area contributed by atoms with Crippen LogP contribution in [0.4, 0.5) is 11.5 Å². The molecule has 1 N–H and O–H groups in total. The van der Waals surface area contributed by atoms with E-state index < -0.39 is 0 Å². The topological polar surface area (TPSA) is 58.1 Å². The Kier molecular flexibility index (Phi) is 5.14. The Balaban J connectivity index is 1.79. The van der Waals surface area contributed by atoms with Crippen LogP contribution in [0.5, 0.6) is 0 Å². The van der Waals surface area contributed by atoms with Crippen molar-refractivity contribution in [2.24, 2.45) is 5.92 Å². The molecule has 2 heterocycles. The number of piperidine rings is 1. The highest BCUT2D eigenvalue weighted by Gasteiger charge is 2.19. The van der Waals surface area contributed by atoms with E-state index in [1.807, 2.05) is 31.2 Å². The zero-order valence-electron chi connectivity index (χ0n) is 13.9. The van der Waals surface area contributed by atoms with Crippen LogP contribution in [0.25, 0.3) is 0 Å². The van der Waals surface area contributed by atoms with Crippen molar-refractivity contribution in [1.82, 2.24) is 9.97 Å². The Hall–Kier alpha value is -1.95. The van der Waals surface area contributed by atoms with E-state index in [0.29, 0.717) is 11.5 Å². The lowest BCUT2D eigenvalue weighted by Gasteiger charge is -2.31. The van der Waals surface area contributed by atoms with Crippen LogP contribution in [0.3, 0.4) is 0 Å². The first-order valence-corrected chi connectivity index (χ1v) is 8.98. The maximum Gasteiger partial charge on any atom is 0.274 e. The highest BCUT2D eigenvalue weighted by molar-refractivity contribution is 9.10. The lowest BCUT2D eigenvalue weighted by molar-refractivity contribution is 0.102. The van der Waals surface area contributed by atoms with Crippen molar-refractivity contribution in [2.75, 3.05) is 23.3 Å². The van der Waals surface area contributed by atoms with Gasteiger partial charge in [-0.3, -0.25) is 4.79 Å². The predicted molar refractivity (Wildman–Crippen MR) is 99.5 cm³/mol. The van der Waals surface area contributed by atoms with Crippen LogP contribution < -0.4 is 10.2 Å². The molecule has 1 aromatic carbocycles. The summed E-state index contributed by atoms with van der Waals surface area (Å²) in [7, 11) is 0. The lowest BCUT2D eigenvalue weighted by atomic mass is 9.99. The molecule has 126 valence electrons. The molecule has 1 aliphatic heterocycles. The van der Waals surface area contributed by atoms with Gasteiger partial charge < -0.3 is 10.2 Å². The molecule has 0 aliphatic carbocycles. The minimum Gasteiger partial charge on any atom is -0.356 e. The minimum atomic E-state index is -0.217. The second kappa shape index (κ2) is 7.30. The quantitative estimate of drug-likeness (QED) is 0.861. The van der Waals surface area contributed by atoms with Crippen molar-refractivity contribution < 1.29 is 4.79 Å². The Labute approximate surface area is 150 Å². The third-order valence-corrected chi connectivity index (χ3v) is 4.74. The van der Waals surface area contributed by atoms with E-state index in [0.717, 1.165) is 47.8 Å². The first-order valence-electron chi connectivity index (χ1n) is 8.19. The Morgan fingerprint density at radius 1 is 1.25 bits per heavy atom. The maximum atomic E-state index is 12.5. The number of anilines is 2. The molecule has 0 radical (unpaired) electrons. The van der Waals surface area contributed by atoms with Crippen molar-refractivity contribution in [1.29, 1.82) is 0 Å². The number of carbonyl (C=O) groups excluding carboxylic acids is 1. The van der Waals surface area contributed by atoms with Crippen molar-refractivity contribution >= 4 is 33.3 Å². The number of amides is 1. The summed E-state index contributed by atoms with van der Waals surface area (Å²) in [5.41, 5.74) is 1.13. The molecule has 3 rings (SSSR count). The van der Waals surface area contributed by atoms with E-state index in [1.165, 1.54) is 0 Å². The molecule has 1 aromatic heterocycles. The summed E-state index contributed by atoms with van der Waals surface area (Å²) in [6, 6.07) is 9.30. The summed E-state index contributed by atoms with van der Waals surface area (Å²) in [6.45, 7) is 6.06. The van der Waals surface area contributed by atoms with Crippen molar-refractivity contribution in [3.63, 3.8) is 0 Å². The van der Waals surface area contributed by atoms with Gasteiger partial charge in [-0.25, -0.2) is 9.97 Å². The molecule has 0 spiro atoms. The van der Waals surface area contributed by atoms with Crippen LogP contribution in [0.2, 0.25) is 0 Å². The molecule has 1 amide bonds. The summed E-state index contributed by atoms with van der Waals surface area (Å²) < 4.78 is 0.919. The van der Waals surface area contributed by atoms with E-state index >= 15 is 0 Å². The number of nitrogens with zero attached hydrogens (tertiary/aromatic N) is 3. The monoisotopic (exact) mass is 388 g/mol. The highest BCUT2D eigenvalue weighted by atomic mass is 79.9. The van der Waals surface area contributed by atoms with Crippen molar-refractivity contribution in [2.45, 2.75) is 26.7 Å². The summed E-state index contributed by atoms with van der Waals surface area (Å²) >= 11 is 3.40. The van der Waals surface area contributed by atoms with Gasteiger partial charge in [0.2, 0.25) is 0 Å². The first kappa shape index (κ1) is 16.9. The molecule has 0 bridgehead atoms. The molecule has 0 unspecified atom stereocenters. The fourth-order valence-corrected chi connectivity index (χ4v) is 3.23. The molecule has 5 nitrogen and oxygen atoms in total. The van der Waals surface area contributed by atoms with Gasteiger partial charge in [-0.05, 0) is 43.9 Å². The molecule has 1 aliphatic rings. The van der Waals surface area contributed by atoms with Gasteiger partial charge in [0.15, 0.2) is 0 Å². The zero-order valence-corrected chi connectivity index (χ0v) is 15.5. The number of rotatable bonds is 3. The van der Waals surface area contributed by atoms with Crippen LogP contribution in [0, 0.1) is 12.8 Å². The Morgan fingerprint density at radius 2 is 2.00 bits per heavy atom. The number of nitrogens with one attached hydrogen (secondary N) is 1. The third-order valence-electron chi connectivity index (χ3n) is 4.25. The van der Waals surface area contributed by atoms with Crippen LogP contribution in [0.1, 0.15) is 36.1 Å². The largest absolute Gasteiger partial charge is 0.356 e. The molecular formula is C18H21BrN4O. The van der Waals surface area contributed by atoms with E-state index in [9.17, 15) is 4.79 Å². The maximum absolute atomic E-state index is 12.5. The molecule has 0 saturated carbocycles. The molecule has 24 heavy (non-hydrogen) atoms. The molecule has 2 aromatic rings.